The van der Waals surface area contributed by atoms with E-state index in [-0.39, 0.29) is 0 Å². The van der Waals surface area contributed by atoms with Gasteiger partial charge in [-0.25, -0.2) is 0 Å². The van der Waals surface area contributed by atoms with Gasteiger partial charge in [0.1, 0.15) is 0 Å². The van der Waals surface area contributed by atoms with Gasteiger partial charge in [-0.1, -0.05) is 39.5 Å². The van der Waals surface area contributed by atoms with Crippen LogP contribution in [-0.4, -0.2) is 42.2 Å². The Morgan fingerprint density at radius 3 is 1.31 bits per heavy atom. The standard InChI is InChI=1S/C24H48N.Li/c1-4-7-10-12-14-16-18-20-23-25(22-9-6-3)24-21-19-17-15-13-11-8-5-2;/h6,9H,3-5,7-8,10-24H2,1-2H3;/b9-6+;. The van der Waals surface area contributed by atoms with E-state index in [2.05, 4.69) is 48.6 Å². The molecule has 0 heterocycles. The fourth-order valence-electron chi connectivity index (χ4n) is 3.62. The van der Waals surface area contributed by atoms with Gasteiger partial charge in [-0.2, -0.15) is 0 Å². The van der Waals surface area contributed by atoms with E-state index >= 15 is 0 Å². The van der Waals surface area contributed by atoms with Gasteiger partial charge in [-0.15, -0.1) is 0 Å². The molecule has 0 aliphatic carbocycles. The van der Waals surface area contributed by atoms with Gasteiger partial charge in [-0.3, -0.25) is 0 Å². The smallest absolute Gasteiger partial charge is 0.0654 e. The Morgan fingerprint density at radius 1 is 0.538 bits per heavy atom. The fourth-order valence-corrected chi connectivity index (χ4v) is 3.62. The summed E-state index contributed by atoms with van der Waals surface area (Å²) < 4.78 is 0. The van der Waals surface area contributed by atoms with E-state index in [1.54, 1.807) is 0 Å². The monoisotopic (exact) mass is 357 g/mol. The van der Waals surface area contributed by atoms with Crippen molar-refractivity contribution < 1.29 is 0 Å². The van der Waals surface area contributed by atoms with Gasteiger partial charge in [0, 0.05) is 0 Å². The molecule has 0 N–H and O–H groups in total. The van der Waals surface area contributed by atoms with Crippen molar-refractivity contribution in [3.8, 4) is 0 Å². The number of unbranched alkanes of at least 4 members (excludes halogenated alkanes) is 14. The summed E-state index contributed by atoms with van der Waals surface area (Å²) >= 11 is 2.23. The van der Waals surface area contributed by atoms with Crippen molar-refractivity contribution >= 4 is 17.7 Å². The van der Waals surface area contributed by atoms with Crippen LogP contribution in [0.2, 0.25) is 5.09 Å². The van der Waals surface area contributed by atoms with Crippen LogP contribution in [0.1, 0.15) is 117 Å². The number of nitrogens with zero attached hydrogens (tertiary/aromatic N) is 1. The molecule has 0 fully saturated rings. The SMILES string of the molecule is [Li][CH2]/C=C/CN(CCCCCCCCCC)CCCCCCCCCC. The van der Waals surface area contributed by atoms with Crippen LogP contribution in [0.5, 0.6) is 0 Å². The topological polar surface area (TPSA) is 3.24 Å². The molecule has 0 spiro atoms. The van der Waals surface area contributed by atoms with Crippen molar-refractivity contribution in [1.82, 2.24) is 4.90 Å². The van der Waals surface area contributed by atoms with Crippen molar-refractivity contribution in [3.63, 3.8) is 0 Å². The minimum Gasteiger partial charge on any atom is -0.0654 e. The van der Waals surface area contributed by atoms with Crippen molar-refractivity contribution in [1.29, 1.82) is 0 Å². The maximum atomic E-state index is 2.69. The normalized spacial score (nSPS) is 11.9. The molecule has 0 unspecified atom stereocenters. The Labute approximate surface area is 176 Å². The molecule has 0 aromatic carbocycles. The van der Waals surface area contributed by atoms with E-state index in [1.165, 1.54) is 127 Å². The van der Waals surface area contributed by atoms with E-state index in [9.17, 15) is 0 Å². The van der Waals surface area contributed by atoms with Crippen molar-refractivity contribution in [3.05, 3.63) is 12.2 Å². The van der Waals surface area contributed by atoms with Crippen LogP contribution in [0.25, 0.3) is 0 Å². The molecule has 0 saturated heterocycles. The first-order valence-electron chi connectivity index (χ1n) is 12.2. The summed E-state index contributed by atoms with van der Waals surface area (Å²) in [7, 11) is 0. The van der Waals surface area contributed by atoms with Gasteiger partial charge in [0.25, 0.3) is 0 Å². The molecular formula is C24H48LiN. The third-order valence-electron chi connectivity index (χ3n) is 5.42. The zero-order valence-corrected chi connectivity index (χ0v) is 18.7. The molecule has 150 valence electrons. The molecule has 0 amide bonds. The van der Waals surface area contributed by atoms with Gasteiger partial charge >= 0.3 is 137 Å². The van der Waals surface area contributed by atoms with Crippen LogP contribution in [0.4, 0.5) is 0 Å². The predicted molar refractivity (Wildman–Crippen MR) is 121 cm³/mol. The Hall–Kier alpha value is 0.297. The average molecular weight is 358 g/mol. The zero-order chi connectivity index (χ0) is 19.1. The van der Waals surface area contributed by atoms with E-state index < -0.39 is 0 Å². The third kappa shape index (κ3) is 20.6. The molecule has 1 nitrogen and oxygen atoms in total. The molecular weight excluding hydrogens is 309 g/mol. The summed E-state index contributed by atoms with van der Waals surface area (Å²) in [4.78, 5) is 2.69. The van der Waals surface area contributed by atoms with Gasteiger partial charge < -0.3 is 0 Å². The van der Waals surface area contributed by atoms with Crippen molar-refractivity contribution in [2.45, 2.75) is 122 Å². The Balaban J connectivity index is 3.68. The van der Waals surface area contributed by atoms with Crippen LogP contribution in [-0.2, 0) is 0 Å². The van der Waals surface area contributed by atoms with Gasteiger partial charge in [0.15, 0.2) is 0 Å². The average Bonchev–Trinajstić information content (AvgIpc) is 2.65. The second-order valence-electron chi connectivity index (χ2n) is 8.13. The molecule has 0 rings (SSSR count). The first kappa shape index (κ1) is 26.3. The molecule has 26 heavy (non-hydrogen) atoms. The summed E-state index contributed by atoms with van der Waals surface area (Å²) in [5.41, 5.74) is 0. The molecule has 0 bridgehead atoms. The van der Waals surface area contributed by atoms with Crippen LogP contribution < -0.4 is 0 Å². The zero-order valence-electron chi connectivity index (χ0n) is 18.7. The van der Waals surface area contributed by atoms with E-state index in [0.29, 0.717) is 0 Å². The number of allylic oxidation sites excluding steroid dienone is 1. The molecule has 0 aliphatic rings. The first-order chi connectivity index (χ1) is 12.8. The van der Waals surface area contributed by atoms with E-state index in [4.69, 9.17) is 0 Å². The second-order valence-corrected chi connectivity index (χ2v) is 8.13. The van der Waals surface area contributed by atoms with E-state index in [1.807, 2.05) is 0 Å². The molecule has 0 aromatic rings. The summed E-state index contributed by atoms with van der Waals surface area (Å²) in [6.07, 6.45) is 27.5. The molecule has 0 saturated carbocycles. The summed E-state index contributed by atoms with van der Waals surface area (Å²) in [6.45, 7) is 8.38. The van der Waals surface area contributed by atoms with E-state index in [0.717, 1.165) is 0 Å². The van der Waals surface area contributed by atoms with Crippen molar-refractivity contribution in [2.75, 3.05) is 19.6 Å². The molecule has 0 radical (unpaired) electrons. The van der Waals surface area contributed by atoms with Crippen LogP contribution in [0.3, 0.4) is 0 Å². The van der Waals surface area contributed by atoms with Crippen LogP contribution >= 0.6 is 0 Å². The number of hydrogen-bond donors (Lipinski definition) is 0. The predicted octanol–water partition coefficient (Wildman–Crippen LogP) is 7.71. The Bertz CT molecular complexity index is 257. The molecule has 0 aromatic heterocycles. The number of rotatable bonds is 21. The second kappa shape index (κ2) is 23.3. The quantitative estimate of drug-likeness (QED) is 0.115. The summed E-state index contributed by atoms with van der Waals surface area (Å²) in [6, 6.07) is 0. The van der Waals surface area contributed by atoms with Crippen LogP contribution in [0.15, 0.2) is 12.2 Å². The minimum absolute atomic E-state index is 1.17. The molecule has 0 atom stereocenters. The minimum atomic E-state index is 1.17. The maximum absolute atomic E-state index is 2.69. The van der Waals surface area contributed by atoms with Crippen molar-refractivity contribution in [2.24, 2.45) is 0 Å². The Morgan fingerprint density at radius 2 is 0.923 bits per heavy atom. The molecule has 0 aliphatic heterocycles. The first-order valence-corrected chi connectivity index (χ1v) is 12.2. The Kier molecular flexibility index (Phi) is 23.6. The fraction of sp³-hybridized carbons (Fsp3) is 0.917. The third-order valence-corrected chi connectivity index (χ3v) is 5.42. The van der Waals surface area contributed by atoms with Gasteiger partial charge in [0.2, 0.25) is 0 Å². The molecule has 2 heteroatoms. The van der Waals surface area contributed by atoms with Gasteiger partial charge in [0.05, 0.1) is 0 Å². The summed E-state index contributed by atoms with van der Waals surface area (Å²) in [5.74, 6) is 0. The number of hydrogen-bond acceptors (Lipinski definition) is 1. The van der Waals surface area contributed by atoms with Gasteiger partial charge in [-0.05, 0) is 0 Å². The summed E-state index contributed by atoms with van der Waals surface area (Å²) in [5, 5.41) is 1.17. The van der Waals surface area contributed by atoms with Crippen LogP contribution in [0, 0.1) is 0 Å².